The Morgan fingerprint density at radius 2 is 2.00 bits per heavy atom. The highest BCUT2D eigenvalue weighted by Crippen LogP contribution is 2.38. The van der Waals surface area contributed by atoms with Gasteiger partial charge in [-0.15, -0.1) is 0 Å². The molecular formula is C22H38O5. The Bertz CT molecular complexity index is 460. The Morgan fingerprint density at radius 3 is 2.67 bits per heavy atom. The van der Waals surface area contributed by atoms with E-state index in [0.29, 0.717) is 6.42 Å². The van der Waals surface area contributed by atoms with Crippen molar-refractivity contribution < 1.29 is 24.5 Å². The maximum absolute atomic E-state index is 11.0. The molecule has 1 aliphatic carbocycles. The number of aliphatic hydroxyl groups excluding tert-OH is 2. The first-order valence-electron chi connectivity index (χ1n) is 10.3. The molecule has 2 N–H and O–H groups in total. The molecule has 1 fully saturated rings. The van der Waals surface area contributed by atoms with Gasteiger partial charge >= 0.3 is 5.97 Å². The highest BCUT2D eigenvalue weighted by Gasteiger charge is 2.40. The summed E-state index contributed by atoms with van der Waals surface area (Å²) in [7, 11) is 3.08. The third kappa shape index (κ3) is 9.04. The zero-order chi connectivity index (χ0) is 20.1. The second kappa shape index (κ2) is 13.9. The van der Waals surface area contributed by atoms with Crippen LogP contribution < -0.4 is 0 Å². The van der Waals surface area contributed by atoms with Crippen LogP contribution in [0.5, 0.6) is 0 Å². The number of carbonyl (C=O) groups is 1. The zero-order valence-corrected chi connectivity index (χ0v) is 17.2. The molecule has 1 saturated carbocycles. The Morgan fingerprint density at radius 1 is 1.22 bits per heavy atom. The normalized spacial score (nSPS) is 26.9. The molecule has 0 spiro atoms. The second-order valence-corrected chi connectivity index (χ2v) is 7.48. The number of unbranched alkanes of at least 4 members (excludes halogenated alkanes) is 4. The van der Waals surface area contributed by atoms with Gasteiger partial charge in [0.25, 0.3) is 0 Å². The van der Waals surface area contributed by atoms with Gasteiger partial charge in [0.15, 0.2) is 0 Å². The van der Waals surface area contributed by atoms with Crippen molar-refractivity contribution >= 4 is 5.97 Å². The largest absolute Gasteiger partial charge is 0.466 e. The molecule has 0 aromatic heterocycles. The van der Waals surface area contributed by atoms with Gasteiger partial charge in [0.05, 0.1) is 25.4 Å². The van der Waals surface area contributed by atoms with Crippen molar-refractivity contribution in [1.29, 1.82) is 0 Å². The van der Waals surface area contributed by atoms with E-state index in [1.54, 1.807) is 7.11 Å². The molecule has 5 unspecified atom stereocenters. The van der Waals surface area contributed by atoms with E-state index in [0.717, 1.165) is 51.4 Å². The minimum absolute atomic E-state index is 0.0291. The van der Waals surface area contributed by atoms with Crippen LogP contribution in [-0.2, 0) is 14.3 Å². The van der Waals surface area contributed by atoms with Crippen molar-refractivity contribution in [3.8, 4) is 0 Å². The van der Waals surface area contributed by atoms with Crippen LogP contribution in [0.1, 0.15) is 64.7 Å². The average Bonchev–Trinajstić information content (AvgIpc) is 2.97. The van der Waals surface area contributed by atoms with Crippen molar-refractivity contribution in [2.45, 2.75) is 83.0 Å². The molecule has 0 radical (unpaired) electrons. The van der Waals surface area contributed by atoms with Crippen LogP contribution in [0.25, 0.3) is 0 Å². The van der Waals surface area contributed by atoms with E-state index < -0.39 is 12.2 Å². The number of ether oxygens (including phenoxy) is 2. The number of hydrogen-bond acceptors (Lipinski definition) is 5. The summed E-state index contributed by atoms with van der Waals surface area (Å²) in [6.45, 7) is 2.15. The van der Waals surface area contributed by atoms with E-state index >= 15 is 0 Å². The van der Waals surface area contributed by atoms with Gasteiger partial charge in [0.1, 0.15) is 0 Å². The minimum atomic E-state index is -0.436. The van der Waals surface area contributed by atoms with Crippen molar-refractivity contribution in [3.05, 3.63) is 24.3 Å². The van der Waals surface area contributed by atoms with Crippen molar-refractivity contribution in [2.24, 2.45) is 11.8 Å². The van der Waals surface area contributed by atoms with Crippen LogP contribution in [0.15, 0.2) is 24.3 Å². The van der Waals surface area contributed by atoms with Gasteiger partial charge in [-0.3, -0.25) is 0 Å². The first-order chi connectivity index (χ1) is 13.0. The van der Waals surface area contributed by atoms with Crippen LogP contribution in [0, 0.1) is 11.8 Å². The molecule has 0 amide bonds. The molecule has 1 rings (SSSR count). The average molecular weight is 383 g/mol. The molecule has 5 heteroatoms. The molecule has 5 nitrogen and oxygen atoms in total. The van der Waals surface area contributed by atoms with E-state index in [-0.39, 0.29) is 23.9 Å². The van der Waals surface area contributed by atoms with Crippen molar-refractivity contribution in [3.63, 3.8) is 0 Å². The monoisotopic (exact) mass is 382 g/mol. The summed E-state index contributed by atoms with van der Waals surface area (Å²) in [5.41, 5.74) is 0. The lowest BCUT2D eigenvalue weighted by Crippen LogP contribution is -2.22. The Kier molecular flexibility index (Phi) is 12.3. The first-order valence-corrected chi connectivity index (χ1v) is 10.3. The number of hydrogen-bond donors (Lipinski definition) is 2. The fourth-order valence-electron chi connectivity index (χ4n) is 3.87. The van der Waals surface area contributed by atoms with Crippen molar-refractivity contribution in [2.75, 3.05) is 14.2 Å². The van der Waals surface area contributed by atoms with Gasteiger partial charge in [-0.25, -0.2) is 4.79 Å². The van der Waals surface area contributed by atoms with Gasteiger partial charge in [-0.1, -0.05) is 50.8 Å². The molecule has 156 valence electrons. The zero-order valence-electron chi connectivity index (χ0n) is 17.2. The summed E-state index contributed by atoms with van der Waals surface area (Å²) in [6, 6.07) is 0. The Hall–Kier alpha value is -1.17. The van der Waals surface area contributed by atoms with E-state index in [1.807, 2.05) is 18.2 Å². The molecule has 27 heavy (non-hydrogen) atoms. The second-order valence-electron chi connectivity index (χ2n) is 7.48. The smallest absolute Gasteiger partial charge is 0.330 e. The highest BCUT2D eigenvalue weighted by molar-refractivity contribution is 5.81. The van der Waals surface area contributed by atoms with E-state index in [9.17, 15) is 15.0 Å². The van der Waals surface area contributed by atoms with Crippen LogP contribution in [0.4, 0.5) is 0 Å². The number of allylic oxidation sites excluding steroid dienone is 1. The first kappa shape index (κ1) is 23.9. The third-order valence-electron chi connectivity index (χ3n) is 5.47. The van der Waals surface area contributed by atoms with Gasteiger partial charge < -0.3 is 19.7 Å². The topological polar surface area (TPSA) is 76.0 Å². The Labute approximate surface area is 164 Å². The molecule has 1 aliphatic rings. The molecule has 0 aromatic rings. The van der Waals surface area contributed by atoms with Gasteiger partial charge in [0, 0.05) is 25.5 Å². The van der Waals surface area contributed by atoms with Gasteiger partial charge in [-0.05, 0) is 31.6 Å². The van der Waals surface area contributed by atoms with Gasteiger partial charge in [-0.2, -0.15) is 0 Å². The summed E-state index contributed by atoms with van der Waals surface area (Å²) in [5.74, 6) is -0.0360. The maximum Gasteiger partial charge on any atom is 0.330 e. The quantitative estimate of drug-likeness (QED) is 0.219. The van der Waals surface area contributed by atoms with Gasteiger partial charge in [0.2, 0.25) is 0 Å². The maximum atomic E-state index is 11.0. The van der Waals surface area contributed by atoms with Crippen LogP contribution in [0.3, 0.4) is 0 Å². The molecule has 5 atom stereocenters. The van der Waals surface area contributed by atoms with Crippen LogP contribution in [-0.4, -0.2) is 48.7 Å². The van der Waals surface area contributed by atoms with Crippen LogP contribution >= 0.6 is 0 Å². The van der Waals surface area contributed by atoms with E-state index in [1.165, 1.54) is 13.2 Å². The Balaban J connectivity index is 2.49. The highest BCUT2D eigenvalue weighted by atomic mass is 16.5. The molecule has 0 aromatic carbocycles. The predicted molar refractivity (Wildman–Crippen MR) is 107 cm³/mol. The number of methoxy groups -OCH3 is 2. The molecular weight excluding hydrogens is 344 g/mol. The molecule has 0 aliphatic heterocycles. The standard InChI is InChI=1S/C22H38O5/c1-4-5-8-11-17(23)14-15-18-19(21(26-2)16-20(18)24)12-9-6-7-10-13-22(25)27-3/h10,13-15,17-21,23-24H,4-9,11-12,16H2,1-3H3. The molecule has 0 bridgehead atoms. The van der Waals surface area contributed by atoms with Crippen LogP contribution in [0.2, 0.25) is 0 Å². The summed E-state index contributed by atoms with van der Waals surface area (Å²) in [4.78, 5) is 11.0. The lowest BCUT2D eigenvalue weighted by Gasteiger charge is -2.23. The SMILES string of the molecule is CCCCCC(O)C=CC1C(O)CC(OC)C1CCCCC=CC(=O)OC. The fraction of sp³-hybridized carbons (Fsp3) is 0.773. The molecule has 0 saturated heterocycles. The van der Waals surface area contributed by atoms with E-state index in [4.69, 9.17) is 4.74 Å². The van der Waals surface area contributed by atoms with E-state index in [2.05, 4.69) is 11.7 Å². The predicted octanol–water partition coefficient (Wildman–Crippen LogP) is 3.79. The summed E-state index contributed by atoms with van der Waals surface area (Å²) in [5, 5.41) is 20.6. The number of carbonyl (C=O) groups excluding carboxylic acids is 1. The number of aliphatic hydroxyl groups is 2. The molecule has 0 heterocycles. The third-order valence-corrected chi connectivity index (χ3v) is 5.47. The lowest BCUT2D eigenvalue weighted by molar-refractivity contribution is -0.134. The fourth-order valence-corrected chi connectivity index (χ4v) is 3.87. The number of esters is 1. The summed E-state index contributed by atoms with van der Waals surface area (Å²) >= 11 is 0. The lowest BCUT2D eigenvalue weighted by atomic mass is 9.88. The number of rotatable bonds is 13. The summed E-state index contributed by atoms with van der Waals surface area (Å²) in [6.07, 6.45) is 14.9. The summed E-state index contributed by atoms with van der Waals surface area (Å²) < 4.78 is 10.2. The van der Waals surface area contributed by atoms with Crippen molar-refractivity contribution in [1.82, 2.24) is 0 Å². The minimum Gasteiger partial charge on any atom is -0.466 e.